The highest BCUT2D eigenvalue weighted by Gasteiger charge is 2.23. The molecular weight excluding hydrogens is 268 g/mol. The maximum absolute atomic E-state index is 12.2. The highest BCUT2D eigenvalue weighted by atomic mass is 35.5. The lowest BCUT2D eigenvalue weighted by molar-refractivity contribution is -0.131. The van der Waals surface area contributed by atoms with Crippen molar-refractivity contribution in [1.29, 1.82) is 0 Å². The summed E-state index contributed by atoms with van der Waals surface area (Å²) < 4.78 is 0. The highest BCUT2D eigenvalue weighted by molar-refractivity contribution is 8.00. The molecule has 2 heterocycles. The molecule has 0 unspecified atom stereocenters. The number of rotatable bonds is 3. The molecule has 1 saturated heterocycles. The van der Waals surface area contributed by atoms with Crippen LogP contribution in [-0.2, 0) is 4.79 Å². The van der Waals surface area contributed by atoms with Crippen LogP contribution in [0.4, 0.5) is 0 Å². The summed E-state index contributed by atoms with van der Waals surface area (Å²) in [7, 11) is 0. The maximum Gasteiger partial charge on any atom is 0.235 e. The average molecular weight is 285 g/mol. The summed E-state index contributed by atoms with van der Waals surface area (Å²) in [5.41, 5.74) is 0. The SMILES string of the molecule is C[C@H](Sc1ccc(Cl)cn1)C(=O)N1CCCCC1. The molecule has 18 heavy (non-hydrogen) atoms. The van der Waals surface area contributed by atoms with Crippen LogP contribution >= 0.6 is 23.4 Å². The number of hydrogen-bond acceptors (Lipinski definition) is 3. The van der Waals surface area contributed by atoms with Crippen molar-refractivity contribution in [3.05, 3.63) is 23.4 Å². The van der Waals surface area contributed by atoms with Gasteiger partial charge in [0.15, 0.2) is 0 Å². The zero-order valence-electron chi connectivity index (χ0n) is 10.4. The van der Waals surface area contributed by atoms with Crippen LogP contribution in [0.25, 0.3) is 0 Å². The lowest BCUT2D eigenvalue weighted by Crippen LogP contribution is -2.40. The van der Waals surface area contributed by atoms with Gasteiger partial charge in [-0.3, -0.25) is 4.79 Å². The molecule has 5 heteroatoms. The van der Waals surface area contributed by atoms with Crippen LogP contribution in [0, 0.1) is 0 Å². The lowest BCUT2D eigenvalue weighted by atomic mass is 10.1. The zero-order valence-corrected chi connectivity index (χ0v) is 12.0. The molecule has 3 nitrogen and oxygen atoms in total. The molecule has 1 aliphatic rings. The van der Waals surface area contributed by atoms with Crippen molar-refractivity contribution >= 4 is 29.3 Å². The van der Waals surface area contributed by atoms with Gasteiger partial charge in [-0.1, -0.05) is 23.4 Å². The number of carbonyl (C=O) groups excluding carboxylic acids is 1. The number of likely N-dealkylation sites (tertiary alicyclic amines) is 1. The Morgan fingerprint density at radius 2 is 2.11 bits per heavy atom. The van der Waals surface area contributed by atoms with E-state index in [0.717, 1.165) is 31.0 Å². The Morgan fingerprint density at radius 1 is 1.39 bits per heavy atom. The summed E-state index contributed by atoms with van der Waals surface area (Å²) in [5, 5.41) is 1.38. The van der Waals surface area contributed by atoms with Gasteiger partial charge in [-0.15, -0.1) is 0 Å². The van der Waals surface area contributed by atoms with Crippen LogP contribution in [0.3, 0.4) is 0 Å². The van der Waals surface area contributed by atoms with E-state index in [1.807, 2.05) is 17.9 Å². The first-order valence-corrected chi connectivity index (χ1v) is 7.49. The molecule has 0 radical (unpaired) electrons. The van der Waals surface area contributed by atoms with Gasteiger partial charge in [-0.2, -0.15) is 0 Å². The average Bonchev–Trinajstić information content (AvgIpc) is 2.41. The minimum atomic E-state index is -0.0863. The van der Waals surface area contributed by atoms with Crippen molar-refractivity contribution in [3.63, 3.8) is 0 Å². The van der Waals surface area contributed by atoms with Gasteiger partial charge in [-0.05, 0) is 38.3 Å². The minimum absolute atomic E-state index is 0.0863. The molecule has 0 aliphatic carbocycles. The predicted molar refractivity (Wildman–Crippen MR) is 75.0 cm³/mol. The van der Waals surface area contributed by atoms with Crippen molar-refractivity contribution in [2.24, 2.45) is 0 Å². The molecule has 1 amide bonds. The highest BCUT2D eigenvalue weighted by Crippen LogP contribution is 2.24. The van der Waals surface area contributed by atoms with Crippen molar-refractivity contribution in [2.75, 3.05) is 13.1 Å². The lowest BCUT2D eigenvalue weighted by Gasteiger charge is -2.28. The first-order chi connectivity index (χ1) is 8.66. The number of amides is 1. The number of piperidine rings is 1. The maximum atomic E-state index is 12.2. The van der Waals surface area contributed by atoms with E-state index in [-0.39, 0.29) is 11.2 Å². The molecule has 1 aliphatic heterocycles. The van der Waals surface area contributed by atoms with Crippen LogP contribution in [0.5, 0.6) is 0 Å². The van der Waals surface area contributed by atoms with Gasteiger partial charge in [0.1, 0.15) is 0 Å². The summed E-state index contributed by atoms with van der Waals surface area (Å²) >= 11 is 7.28. The second kappa shape index (κ2) is 6.43. The van der Waals surface area contributed by atoms with Crippen molar-refractivity contribution < 1.29 is 4.79 Å². The smallest absolute Gasteiger partial charge is 0.235 e. The van der Waals surface area contributed by atoms with E-state index in [1.165, 1.54) is 18.2 Å². The summed E-state index contributed by atoms with van der Waals surface area (Å²) in [6.45, 7) is 3.74. The van der Waals surface area contributed by atoms with Crippen LogP contribution in [0.15, 0.2) is 23.4 Å². The second-order valence-corrected chi connectivity index (χ2v) is 6.26. The Hall–Kier alpha value is -0.740. The van der Waals surface area contributed by atoms with E-state index in [1.54, 1.807) is 12.3 Å². The third-order valence-electron chi connectivity index (χ3n) is 3.01. The number of pyridine rings is 1. The number of aromatic nitrogens is 1. The largest absolute Gasteiger partial charge is 0.342 e. The molecular formula is C13H17ClN2OS. The number of thioether (sulfide) groups is 1. The third-order valence-corrected chi connectivity index (χ3v) is 4.28. The van der Waals surface area contributed by atoms with E-state index in [4.69, 9.17) is 11.6 Å². The molecule has 0 N–H and O–H groups in total. The Balaban J connectivity index is 1.92. The third kappa shape index (κ3) is 3.62. The zero-order chi connectivity index (χ0) is 13.0. The molecule has 1 aromatic rings. The Bertz CT molecular complexity index is 404. The Labute approximate surface area is 117 Å². The molecule has 0 aromatic carbocycles. The van der Waals surface area contributed by atoms with Gasteiger partial charge in [0, 0.05) is 19.3 Å². The van der Waals surface area contributed by atoms with Crippen LogP contribution in [0.2, 0.25) is 5.02 Å². The molecule has 1 fully saturated rings. The van der Waals surface area contributed by atoms with Gasteiger partial charge in [0.05, 0.1) is 15.3 Å². The Morgan fingerprint density at radius 3 is 2.72 bits per heavy atom. The van der Waals surface area contributed by atoms with Crippen molar-refractivity contribution in [2.45, 2.75) is 36.5 Å². The fourth-order valence-corrected chi connectivity index (χ4v) is 3.02. The fourth-order valence-electron chi connectivity index (χ4n) is 2.03. The van der Waals surface area contributed by atoms with Crippen molar-refractivity contribution in [3.8, 4) is 0 Å². The molecule has 0 spiro atoms. The topological polar surface area (TPSA) is 33.2 Å². The van der Waals surface area contributed by atoms with Gasteiger partial charge >= 0.3 is 0 Å². The number of halogens is 1. The molecule has 1 aromatic heterocycles. The fraction of sp³-hybridized carbons (Fsp3) is 0.538. The first kappa shape index (κ1) is 13.7. The van der Waals surface area contributed by atoms with E-state index in [9.17, 15) is 4.79 Å². The predicted octanol–water partition coefficient (Wildman–Crippen LogP) is 3.23. The van der Waals surface area contributed by atoms with Gasteiger partial charge < -0.3 is 4.90 Å². The molecule has 2 rings (SSSR count). The summed E-state index contributed by atoms with van der Waals surface area (Å²) in [5.74, 6) is 0.219. The van der Waals surface area contributed by atoms with Crippen LogP contribution in [0.1, 0.15) is 26.2 Å². The summed E-state index contributed by atoms with van der Waals surface area (Å²) in [6, 6.07) is 3.65. The molecule has 0 saturated carbocycles. The monoisotopic (exact) mass is 284 g/mol. The molecule has 0 bridgehead atoms. The minimum Gasteiger partial charge on any atom is -0.342 e. The normalized spacial score (nSPS) is 17.6. The molecule has 98 valence electrons. The van der Waals surface area contributed by atoms with Crippen molar-refractivity contribution in [1.82, 2.24) is 9.88 Å². The number of nitrogens with zero attached hydrogens (tertiary/aromatic N) is 2. The number of carbonyl (C=O) groups is 1. The first-order valence-electron chi connectivity index (χ1n) is 6.24. The molecule has 1 atom stereocenters. The quantitative estimate of drug-likeness (QED) is 0.799. The van der Waals surface area contributed by atoms with Gasteiger partial charge in [0.25, 0.3) is 0 Å². The second-order valence-electron chi connectivity index (χ2n) is 4.46. The van der Waals surface area contributed by atoms with Crippen LogP contribution < -0.4 is 0 Å². The van der Waals surface area contributed by atoms with Gasteiger partial charge in [-0.25, -0.2) is 4.98 Å². The summed E-state index contributed by atoms with van der Waals surface area (Å²) in [4.78, 5) is 18.4. The number of hydrogen-bond donors (Lipinski definition) is 0. The van der Waals surface area contributed by atoms with E-state index in [2.05, 4.69) is 4.98 Å². The van der Waals surface area contributed by atoms with Crippen LogP contribution in [-0.4, -0.2) is 34.1 Å². The Kier molecular flexibility index (Phi) is 4.89. The summed E-state index contributed by atoms with van der Waals surface area (Å²) in [6.07, 6.45) is 5.11. The standard InChI is InChI=1S/C13H17ClN2OS/c1-10(13(17)16-7-3-2-4-8-16)18-12-6-5-11(14)9-15-12/h5-6,9-10H,2-4,7-8H2,1H3/t10-/m0/s1. The van der Waals surface area contributed by atoms with E-state index < -0.39 is 0 Å². The van der Waals surface area contributed by atoms with E-state index in [0.29, 0.717) is 5.02 Å². The van der Waals surface area contributed by atoms with E-state index >= 15 is 0 Å². The van der Waals surface area contributed by atoms with Gasteiger partial charge in [0.2, 0.25) is 5.91 Å².